The number of rotatable bonds is 3. The molecule has 0 aliphatic carbocycles. The molecular weight excluding hydrogens is 171 g/mol. The van der Waals surface area contributed by atoms with E-state index in [0.717, 1.165) is 17.9 Å². The van der Waals surface area contributed by atoms with E-state index in [-0.39, 0.29) is 5.75 Å². The van der Waals surface area contributed by atoms with Gasteiger partial charge < -0.3 is 10.2 Å². The fraction of sp³-hybridized carbons (Fsp3) is 0.333. The predicted octanol–water partition coefficient (Wildman–Crippen LogP) is 1.81. The first-order valence-electron chi connectivity index (χ1n) is 4.00. The molecule has 0 aromatic heterocycles. The Morgan fingerprint density at radius 1 is 1.33 bits per heavy atom. The quantitative estimate of drug-likeness (QED) is 0.555. The van der Waals surface area contributed by atoms with Crippen LogP contribution in [0.5, 0.6) is 11.5 Å². The van der Waals surface area contributed by atoms with Crippen molar-refractivity contribution in [2.45, 2.75) is 13.3 Å². The second-order valence-electron chi connectivity index (χ2n) is 2.63. The molecule has 1 aromatic carbocycles. The maximum atomic E-state index is 9.36. The molecule has 1 aromatic rings. The summed E-state index contributed by atoms with van der Waals surface area (Å²) in [4.78, 5) is 0. The zero-order valence-electron chi connectivity index (χ0n) is 7.04. The molecule has 0 saturated heterocycles. The third kappa shape index (κ3) is 2.38. The maximum absolute atomic E-state index is 9.36. The van der Waals surface area contributed by atoms with Crippen LogP contribution >= 0.6 is 8.58 Å². The van der Waals surface area contributed by atoms with Crippen LogP contribution in [0.4, 0.5) is 0 Å². The van der Waals surface area contributed by atoms with E-state index in [1.54, 1.807) is 6.07 Å². The van der Waals surface area contributed by atoms with Crippen LogP contribution in [0.15, 0.2) is 18.2 Å². The van der Waals surface area contributed by atoms with Gasteiger partial charge in [-0.15, -0.1) is 0 Å². The summed E-state index contributed by atoms with van der Waals surface area (Å²) in [5.74, 6) is 0.519. The van der Waals surface area contributed by atoms with Crippen molar-refractivity contribution >= 4 is 13.9 Å². The summed E-state index contributed by atoms with van der Waals surface area (Å²) in [5, 5.41) is 19.3. The highest BCUT2D eigenvalue weighted by Gasteiger charge is 2.00. The van der Waals surface area contributed by atoms with Gasteiger partial charge in [-0.3, -0.25) is 0 Å². The summed E-state index contributed by atoms with van der Waals surface area (Å²) in [5.41, 5.74) is 0. The van der Waals surface area contributed by atoms with Crippen molar-refractivity contribution in [1.29, 1.82) is 0 Å². The van der Waals surface area contributed by atoms with Crippen LogP contribution in [0.1, 0.15) is 13.3 Å². The molecule has 1 unspecified atom stereocenters. The second-order valence-corrected chi connectivity index (χ2v) is 4.02. The molecule has 0 radical (unpaired) electrons. The first-order valence-corrected chi connectivity index (χ1v) is 5.20. The van der Waals surface area contributed by atoms with Crippen molar-refractivity contribution < 1.29 is 10.2 Å². The van der Waals surface area contributed by atoms with Crippen molar-refractivity contribution in [1.82, 2.24) is 0 Å². The highest BCUT2D eigenvalue weighted by atomic mass is 31.1. The number of phenols is 2. The average Bonchev–Trinajstić information content (AvgIpc) is 2.07. The molecule has 0 fully saturated rings. The van der Waals surface area contributed by atoms with Gasteiger partial charge in [-0.2, -0.15) is 0 Å². The normalized spacial score (nSPS) is 11.1. The Hall–Kier alpha value is -0.750. The van der Waals surface area contributed by atoms with E-state index in [2.05, 4.69) is 6.92 Å². The van der Waals surface area contributed by atoms with Gasteiger partial charge in [0, 0.05) is 5.30 Å². The summed E-state index contributed by atoms with van der Waals surface area (Å²) >= 11 is 0. The van der Waals surface area contributed by atoms with Gasteiger partial charge in [-0.05, 0) is 24.4 Å². The molecule has 0 spiro atoms. The lowest BCUT2D eigenvalue weighted by molar-refractivity contribution is 0.464. The second kappa shape index (κ2) is 4.32. The van der Waals surface area contributed by atoms with Crippen LogP contribution in [-0.4, -0.2) is 16.4 Å². The van der Waals surface area contributed by atoms with Gasteiger partial charge in [-0.25, -0.2) is 0 Å². The Kier molecular flexibility index (Phi) is 3.36. The summed E-state index contributed by atoms with van der Waals surface area (Å²) in [6, 6.07) is 4.66. The fourth-order valence-corrected chi connectivity index (χ4v) is 1.96. The largest absolute Gasteiger partial charge is 0.508 e. The van der Waals surface area contributed by atoms with Crippen LogP contribution in [0.25, 0.3) is 0 Å². The van der Waals surface area contributed by atoms with Crippen LogP contribution in [0.3, 0.4) is 0 Å². The predicted molar refractivity (Wildman–Crippen MR) is 52.9 cm³/mol. The van der Waals surface area contributed by atoms with Gasteiger partial charge in [-0.1, -0.05) is 21.9 Å². The van der Waals surface area contributed by atoms with Gasteiger partial charge in [0.1, 0.15) is 11.5 Å². The van der Waals surface area contributed by atoms with Gasteiger partial charge in [0.2, 0.25) is 0 Å². The SMILES string of the molecule is CCCPc1cc(O)ccc1O. The third-order valence-electron chi connectivity index (χ3n) is 1.55. The molecule has 0 aliphatic rings. The Morgan fingerprint density at radius 3 is 2.75 bits per heavy atom. The smallest absolute Gasteiger partial charge is 0.123 e. The number of aromatic hydroxyl groups is 2. The number of hydrogen-bond donors (Lipinski definition) is 2. The highest BCUT2D eigenvalue weighted by molar-refractivity contribution is 7.47. The molecule has 66 valence electrons. The van der Waals surface area contributed by atoms with Crippen LogP contribution in [0.2, 0.25) is 0 Å². The summed E-state index contributed by atoms with van der Waals surface area (Å²) in [7, 11) is 0.590. The van der Waals surface area contributed by atoms with E-state index in [4.69, 9.17) is 5.11 Å². The monoisotopic (exact) mass is 184 g/mol. The van der Waals surface area contributed by atoms with E-state index < -0.39 is 0 Å². The zero-order valence-corrected chi connectivity index (χ0v) is 8.04. The van der Waals surface area contributed by atoms with Crippen molar-refractivity contribution in [3.63, 3.8) is 0 Å². The minimum Gasteiger partial charge on any atom is -0.508 e. The lowest BCUT2D eigenvalue weighted by atomic mass is 10.3. The Balaban J connectivity index is 2.75. The number of benzene rings is 1. The Bertz CT molecular complexity index is 261. The van der Waals surface area contributed by atoms with Gasteiger partial charge in [0.05, 0.1) is 0 Å². The first-order chi connectivity index (χ1) is 5.74. The molecule has 2 N–H and O–H groups in total. The standard InChI is InChI=1S/C9H13O2P/c1-2-5-12-9-6-7(10)3-4-8(9)11/h3-4,6,10-12H,2,5H2,1H3. The molecule has 3 heteroatoms. The lowest BCUT2D eigenvalue weighted by Gasteiger charge is -2.03. The molecule has 1 rings (SSSR count). The average molecular weight is 184 g/mol. The summed E-state index contributed by atoms with van der Waals surface area (Å²) in [6.45, 7) is 2.10. The van der Waals surface area contributed by atoms with E-state index in [9.17, 15) is 5.11 Å². The minimum absolute atomic E-state index is 0.228. The van der Waals surface area contributed by atoms with E-state index in [1.807, 2.05) is 0 Å². The molecule has 0 saturated carbocycles. The zero-order chi connectivity index (χ0) is 8.97. The van der Waals surface area contributed by atoms with Gasteiger partial charge in [0.25, 0.3) is 0 Å². The first kappa shape index (κ1) is 9.34. The lowest BCUT2D eigenvalue weighted by Crippen LogP contribution is -1.95. The highest BCUT2D eigenvalue weighted by Crippen LogP contribution is 2.22. The fourth-order valence-electron chi connectivity index (χ4n) is 0.925. The van der Waals surface area contributed by atoms with E-state index in [0.29, 0.717) is 14.3 Å². The molecule has 0 heterocycles. The van der Waals surface area contributed by atoms with Gasteiger partial charge >= 0.3 is 0 Å². The van der Waals surface area contributed by atoms with Crippen LogP contribution < -0.4 is 5.30 Å². The molecular formula is C9H13O2P. The summed E-state index contributed by atoms with van der Waals surface area (Å²) < 4.78 is 0. The number of phenolic OH excluding ortho intramolecular Hbond substituents is 2. The van der Waals surface area contributed by atoms with Crippen LogP contribution in [0, 0.1) is 0 Å². The maximum Gasteiger partial charge on any atom is 0.123 e. The minimum atomic E-state index is 0.228. The van der Waals surface area contributed by atoms with Gasteiger partial charge in [0.15, 0.2) is 0 Å². The van der Waals surface area contributed by atoms with Crippen molar-refractivity contribution in [3.05, 3.63) is 18.2 Å². The Morgan fingerprint density at radius 2 is 2.08 bits per heavy atom. The Labute approximate surface area is 74.0 Å². The van der Waals surface area contributed by atoms with Crippen LogP contribution in [-0.2, 0) is 0 Å². The van der Waals surface area contributed by atoms with E-state index >= 15 is 0 Å². The molecule has 0 amide bonds. The molecule has 0 bridgehead atoms. The topological polar surface area (TPSA) is 40.5 Å². The molecule has 2 nitrogen and oxygen atoms in total. The van der Waals surface area contributed by atoms with Crippen molar-refractivity contribution in [3.8, 4) is 11.5 Å². The van der Waals surface area contributed by atoms with Crippen molar-refractivity contribution in [2.24, 2.45) is 0 Å². The number of hydrogen-bond acceptors (Lipinski definition) is 2. The molecule has 12 heavy (non-hydrogen) atoms. The summed E-state index contributed by atoms with van der Waals surface area (Å²) in [6.07, 6.45) is 2.17. The molecule has 1 atom stereocenters. The van der Waals surface area contributed by atoms with E-state index in [1.165, 1.54) is 12.1 Å². The third-order valence-corrected chi connectivity index (χ3v) is 3.08. The molecule has 0 aliphatic heterocycles. The van der Waals surface area contributed by atoms with Crippen molar-refractivity contribution in [2.75, 3.05) is 6.16 Å².